The highest BCUT2D eigenvalue weighted by molar-refractivity contribution is 7.92. The summed E-state index contributed by atoms with van der Waals surface area (Å²) >= 11 is 0. The Morgan fingerprint density at radius 2 is 1.82 bits per heavy atom. The molecule has 7 nitrogen and oxygen atoms in total. The number of carbonyl (C=O) groups is 2. The van der Waals surface area contributed by atoms with Crippen molar-refractivity contribution in [2.75, 3.05) is 11.5 Å². The van der Waals surface area contributed by atoms with Gasteiger partial charge in [0.1, 0.15) is 5.75 Å². The van der Waals surface area contributed by atoms with Gasteiger partial charge in [-0.1, -0.05) is 12.1 Å². The second kappa shape index (κ2) is 4.83. The standard InChI is InChI=1S/C9H11N3O4S/c10-6-3-1-2-4-7(6)17(15,16)5-8(13)12-9(11)14/h1-4H,5,10H2,(H3,11,12,13,14). The van der Waals surface area contributed by atoms with Crippen LogP contribution in [0.3, 0.4) is 0 Å². The van der Waals surface area contributed by atoms with Gasteiger partial charge in [0.05, 0.1) is 10.6 Å². The summed E-state index contributed by atoms with van der Waals surface area (Å²) in [6, 6.07) is 4.62. The number of hydrogen-bond acceptors (Lipinski definition) is 5. The van der Waals surface area contributed by atoms with Gasteiger partial charge in [0.2, 0.25) is 5.91 Å². The summed E-state index contributed by atoms with van der Waals surface area (Å²) in [7, 11) is -3.88. The van der Waals surface area contributed by atoms with Gasteiger partial charge in [0.25, 0.3) is 0 Å². The monoisotopic (exact) mass is 257 g/mol. The van der Waals surface area contributed by atoms with Crippen molar-refractivity contribution in [3.63, 3.8) is 0 Å². The lowest BCUT2D eigenvalue weighted by atomic mass is 10.3. The van der Waals surface area contributed by atoms with Crippen LogP contribution >= 0.6 is 0 Å². The average Bonchev–Trinajstić information content (AvgIpc) is 2.15. The number of para-hydroxylation sites is 1. The average molecular weight is 257 g/mol. The minimum Gasteiger partial charge on any atom is -0.398 e. The topological polar surface area (TPSA) is 132 Å². The number of nitrogen functional groups attached to an aromatic ring is 1. The summed E-state index contributed by atoms with van der Waals surface area (Å²) in [6.07, 6.45) is 0. The molecule has 0 aliphatic carbocycles. The van der Waals surface area contributed by atoms with Crippen LogP contribution in [0.15, 0.2) is 29.2 Å². The molecule has 1 aromatic carbocycles. The summed E-state index contributed by atoms with van der Waals surface area (Å²) in [5, 5.41) is 1.67. The Bertz CT molecular complexity index is 553. The maximum atomic E-state index is 11.8. The quantitative estimate of drug-likeness (QED) is 0.612. The van der Waals surface area contributed by atoms with E-state index in [0.29, 0.717) is 0 Å². The maximum absolute atomic E-state index is 11.8. The molecule has 0 spiro atoms. The van der Waals surface area contributed by atoms with Crippen LogP contribution in [0.4, 0.5) is 10.5 Å². The third-order valence-electron chi connectivity index (χ3n) is 1.84. The molecule has 1 rings (SSSR count). The highest BCUT2D eigenvalue weighted by Crippen LogP contribution is 2.18. The zero-order valence-electron chi connectivity index (χ0n) is 8.71. The van der Waals surface area contributed by atoms with Crippen molar-refractivity contribution in [2.24, 2.45) is 5.73 Å². The van der Waals surface area contributed by atoms with E-state index in [4.69, 9.17) is 11.5 Å². The van der Waals surface area contributed by atoms with Gasteiger partial charge in [-0.15, -0.1) is 0 Å². The lowest BCUT2D eigenvalue weighted by Gasteiger charge is -2.06. The van der Waals surface area contributed by atoms with Crippen LogP contribution in [0, 0.1) is 0 Å². The number of urea groups is 1. The molecular formula is C9H11N3O4S. The van der Waals surface area contributed by atoms with E-state index in [1.807, 2.05) is 0 Å². The molecular weight excluding hydrogens is 246 g/mol. The molecule has 0 unspecified atom stereocenters. The maximum Gasteiger partial charge on any atom is 0.318 e. The summed E-state index contributed by atoms with van der Waals surface area (Å²) in [4.78, 5) is 21.3. The van der Waals surface area contributed by atoms with Crippen LogP contribution in [0.1, 0.15) is 0 Å². The van der Waals surface area contributed by atoms with Crippen molar-refractivity contribution < 1.29 is 18.0 Å². The van der Waals surface area contributed by atoms with Crippen molar-refractivity contribution in [3.8, 4) is 0 Å². The summed E-state index contributed by atoms with van der Waals surface area (Å²) in [5.74, 6) is -1.88. The van der Waals surface area contributed by atoms with E-state index in [1.54, 1.807) is 11.4 Å². The number of hydrogen-bond donors (Lipinski definition) is 3. The number of sulfone groups is 1. The Balaban J connectivity index is 2.94. The predicted molar refractivity (Wildman–Crippen MR) is 60.6 cm³/mol. The number of anilines is 1. The van der Waals surface area contributed by atoms with Crippen LogP contribution in [0.5, 0.6) is 0 Å². The summed E-state index contributed by atoms with van der Waals surface area (Å²) < 4.78 is 23.5. The van der Waals surface area contributed by atoms with Gasteiger partial charge in [-0.3, -0.25) is 10.1 Å². The van der Waals surface area contributed by atoms with Gasteiger partial charge >= 0.3 is 6.03 Å². The van der Waals surface area contributed by atoms with E-state index in [2.05, 4.69) is 0 Å². The highest BCUT2D eigenvalue weighted by atomic mass is 32.2. The first kappa shape index (κ1) is 13.0. The summed E-state index contributed by atoms with van der Waals surface area (Å²) in [6.45, 7) is 0. The molecule has 3 amide bonds. The molecule has 0 atom stereocenters. The Kier molecular flexibility index (Phi) is 3.69. The molecule has 0 heterocycles. The van der Waals surface area contributed by atoms with Gasteiger partial charge in [-0.2, -0.15) is 0 Å². The van der Waals surface area contributed by atoms with Crippen LogP contribution in [0.2, 0.25) is 0 Å². The first-order valence-corrected chi connectivity index (χ1v) is 6.14. The fourth-order valence-corrected chi connectivity index (χ4v) is 2.47. The molecule has 8 heteroatoms. The van der Waals surface area contributed by atoms with E-state index in [-0.39, 0.29) is 10.6 Å². The van der Waals surface area contributed by atoms with Crippen molar-refractivity contribution >= 4 is 27.5 Å². The Hall–Kier alpha value is -2.09. The largest absolute Gasteiger partial charge is 0.398 e. The van der Waals surface area contributed by atoms with E-state index in [9.17, 15) is 18.0 Å². The molecule has 17 heavy (non-hydrogen) atoms. The van der Waals surface area contributed by atoms with Crippen molar-refractivity contribution in [1.82, 2.24) is 5.32 Å². The van der Waals surface area contributed by atoms with E-state index in [1.165, 1.54) is 18.2 Å². The number of carbonyl (C=O) groups excluding carboxylic acids is 2. The third kappa shape index (κ3) is 3.45. The smallest absolute Gasteiger partial charge is 0.318 e. The molecule has 0 aliphatic rings. The zero-order valence-corrected chi connectivity index (χ0v) is 9.53. The normalized spacial score (nSPS) is 10.8. The number of benzene rings is 1. The van der Waals surface area contributed by atoms with Gasteiger partial charge in [0.15, 0.2) is 9.84 Å². The second-order valence-electron chi connectivity index (χ2n) is 3.21. The molecule has 0 aliphatic heterocycles. The highest BCUT2D eigenvalue weighted by Gasteiger charge is 2.21. The minimum atomic E-state index is -3.88. The Labute approximate surface area is 97.7 Å². The first-order valence-electron chi connectivity index (χ1n) is 4.49. The number of rotatable bonds is 3. The molecule has 0 fully saturated rings. The molecule has 0 aromatic heterocycles. The minimum absolute atomic E-state index is 0.0411. The molecule has 0 saturated carbocycles. The van der Waals surface area contributed by atoms with E-state index < -0.39 is 27.5 Å². The predicted octanol–water partition coefficient (Wildman–Crippen LogP) is -0.763. The second-order valence-corrected chi connectivity index (χ2v) is 5.17. The van der Waals surface area contributed by atoms with Gasteiger partial charge in [0, 0.05) is 0 Å². The fourth-order valence-electron chi connectivity index (χ4n) is 1.19. The zero-order chi connectivity index (χ0) is 13.1. The molecule has 0 saturated heterocycles. The van der Waals surface area contributed by atoms with Crippen molar-refractivity contribution in [1.29, 1.82) is 0 Å². The molecule has 0 radical (unpaired) electrons. The van der Waals surface area contributed by atoms with Gasteiger partial charge in [-0.25, -0.2) is 13.2 Å². The molecule has 5 N–H and O–H groups in total. The molecule has 1 aromatic rings. The van der Waals surface area contributed by atoms with Gasteiger partial charge < -0.3 is 11.5 Å². The number of amides is 3. The van der Waals surface area contributed by atoms with Crippen LogP contribution < -0.4 is 16.8 Å². The number of nitrogens with two attached hydrogens (primary N) is 2. The fraction of sp³-hybridized carbons (Fsp3) is 0.111. The first-order chi connectivity index (χ1) is 7.83. The Morgan fingerprint density at radius 3 is 2.35 bits per heavy atom. The van der Waals surface area contributed by atoms with Crippen molar-refractivity contribution in [3.05, 3.63) is 24.3 Å². The SMILES string of the molecule is NC(=O)NC(=O)CS(=O)(=O)c1ccccc1N. The number of primary amides is 1. The number of nitrogens with one attached hydrogen (secondary N) is 1. The van der Waals surface area contributed by atoms with Crippen LogP contribution in [-0.4, -0.2) is 26.1 Å². The Morgan fingerprint density at radius 1 is 1.24 bits per heavy atom. The van der Waals surface area contributed by atoms with E-state index >= 15 is 0 Å². The van der Waals surface area contributed by atoms with Gasteiger partial charge in [-0.05, 0) is 12.1 Å². The number of imide groups is 1. The molecule has 92 valence electrons. The summed E-state index contributed by atoms with van der Waals surface area (Å²) in [5.41, 5.74) is 10.2. The molecule has 0 bridgehead atoms. The van der Waals surface area contributed by atoms with Crippen molar-refractivity contribution in [2.45, 2.75) is 4.90 Å². The lowest BCUT2D eigenvalue weighted by molar-refractivity contribution is -0.117. The van der Waals surface area contributed by atoms with E-state index in [0.717, 1.165) is 0 Å². The van der Waals surface area contributed by atoms with Crippen LogP contribution in [-0.2, 0) is 14.6 Å². The lowest BCUT2D eigenvalue weighted by Crippen LogP contribution is -2.38. The third-order valence-corrected chi connectivity index (χ3v) is 3.52. The van der Waals surface area contributed by atoms with Crippen LogP contribution in [0.25, 0.3) is 0 Å².